The number of piperazine rings is 1. The number of aliphatic hydroxyl groups is 1. The van der Waals surface area contributed by atoms with E-state index in [1.54, 1.807) is 6.92 Å². The lowest BCUT2D eigenvalue weighted by Gasteiger charge is -2.35. The molecule has 0 spiro atoms. The molecule has 0 aliphatic carbocycles. The summed E-state index contributed by atoms with van der Waals surface area (Å²) in [6, 6.07) is 4.16. The van der Waals surface area contributed by atoms with E-state index in [4.69, 9.17) is 0 Å². The molecule has 3 rings (SSSR count). The van der Waals surface area contributed by atoms with Gasteiger partial charge in [-0.3, -0.25) is 9.69 Å². The van der Waals surface area contributed by atoms with Gasteiger partial charge in [-0.05, 0) is 50.5 Å². The highest BCUT2D eigenvalue weighted by Gasteiger charge is 2.24. The van der Waals surface area contributed by atoms with Gasteiger partial charge in [0.05, 0.1) is 6.10 Å². The Hall–Kier alpha value is -1.85. The smallest absolute Gasteiger partial charge is 0.270 e. The highest BCUT2D eigenvalue weighted by atomic mass is 16.3. The maximum absolute atomic E-state index is 12.8. The quantitative estimate of drug-likeness (QED) is 0.908. The Morgan fingerprint density at radius 3 is 2.46 bits per heavy atom. The number of aromatic nitrogens is 1. The van der Waals surface area contributed by atoms with E-state index in [0.717, 1.165) is 24.0 Å². The van der Waals surface area contributed by atoms with Crippen LogP contribution >= 0.6 is 0 Å². The molecule has 2 heterocycles. The van der Waals surface area contributed by atoms with Gasteiger partial charge in [-0.15, -0.1) is 0 Å². The summed E-state index contributed by atoms with van der Waals surface area (Å²) in [5, 5.41) is 10.6. The van der Waals surface area contributed by atoms with Gasteiger partial charge in [-0.1, -0.05) is 6.07 Å². The minimum Gasteiger partial charge on any atom is -0.392 e. The first-order valence-electron chi connectivity index (χ1n) is 8.66. The largest absolute Gasteiger partial charge is 0.392 e. The summed E-state index contributed by atoms with van der Waals surface area (Å²) in [5.74, 6) is 0.0688. The van der Waals surface area contributed by atoms with Crippen molar-refractivity contribution in [1.29, 1.82) is 0 Å². The van der Waals surface area contributed by atoms with Crippen molar-refractivity contribution in [2.45, 2.75) is 33.8 Å². The van der Waals surface area contributed by atoms with Gasteiger partial charge in [-0.2, -0.15) is 0 Å². The Labute approximate surface area is 143 Å². The molecule has 24 heavy (non-hydrogen) atoms. The Morgan fingerprint density at radius 2 is 1.83 bits per heavy atom. The van der Waals surface area contributed by atoms with Crippen LogP contribution in [-0.4, -0.2) is 64.6 Å². The molecule has 5 heteroatoms. The molecule has 1 aliphatic heterocycles. The zero-order valence-corrected chi connectivity index (χ0v) is 15.0. The van der Waals surface area contributed by atoms with E-state index >= 15 is 0 Å². The average molecular weight is 329 g/mol. The lowest BCUT2D eigenvalue weighted by Crippen LogP contribution is -2.50. The first-order valence-corrected chi connectivity index (χ1v) is 8.66. The molecular formula is C19H27N3O2. The van der Waals surface area contributed by atoms with E-state index in [2.05, 4.69) is 36.7 Å². The zero-order valence-electron chi connectivity index (χ0n) is 15.0. The number of aliphatic hydroxyl groups excluding tert-OH is 1. The van der Waals surface area contributed by atoms with Gasteiger partial charge in [-0.25, -0.2) is 0 Å². The molecule has 1 fully saturated rings. The summed E-state index contributed by atoms with van der Waals surface area (Å²) in [6.45, 7) is 11.8. The Balaban J connectivity index is 1.78. The molecule has 0 saturated carbocycles. The predicted octanol–water partition coefficient (Wildman–Crippen LogP) is 2.23. The number of nitrogens with one attached hydrogen (secondary N) is 1. The number of rotatable bonds is 3. The van der Waals surface area contributed by atoms with Crippen LogP contribution in [0.15, 0.2) is 12.1 Å². The molecule has 1 aromatic carbocycles. The molecule has 1 atom stereocenters. The molecule has 2 N–H and O–H groups in total. The van der Waals surface area contributed by atoms with Crippen LogP contribution in [0.4, 0.5) is 0 Å². The van der Waals surface area contributed by atoms with Crippen LogP contribution in [0.5, 0.6) is 0 Å². The second kappa shape index (κ2) is 6.57. The molecule has 130 valence electrons. The first-order chi connectivity index (χ1) is 11.4. The minimum atomic E-state index is -0.324. The minimum absolute atomic E-state index is 0.0688. The predicted molar refractivity (Wildman–Crippen MR) is 96.5 cm³/mol. The van der Waals surface area contributed by atoms with Crippen molar-refractivity contribution in [1.82, 2.24) is 14.8 Å². The summed E-state index contributed by atoms with van der Waals surface area (Å²) < 4.78 is 0. The van der Waals surface area contributed by atoms with E-state index < -0.39 is 0 Å². The summed E-state index contributed by atoms with van der Waals surface area (Å²) in [4.78, 5) is 20.3. The van der Waals surface area contributed by atoms with Gasteiger partial charge in [0, 0.05) is 43.6 Å². The lowest BCUT2D eigenvalue weighted by molar-refractivity contribution is 0.0550. The molecule has 1 amide bonds. The van der Waals surface area contributed by atoms with Crippen molar-refractivity contribution in [3.63, 3.8) is 0 Å². The van der Waals surface area contributed by atoms with Crippen molar-refractivity contribution in [3.8, 4) is 0 Å². The van der Waals surface area contributed by atoms with E-state index in [9.17, 15) is 9.90 Å². The number of β-amino-alcohol motifs (C(OH)–C–C–N with tert-alkyl or cyclic N) is 1. The van der Waals surface area contributed by atoms with Crippen molar-refractivity contribution in [3.05, 3.63) is 34.5 Å². The number of aromatic amines is 1. The highest BCUT2D eigenvalue weighted by Crippen LogP contribution is 2.26. The van der Waals surface area contributed by atoms with Crippen LogP contribution in [0, 0.1) is 20.8 Å². The summed E-state index contributed by atoms with van der Waals surface area (Å²) >= 11 is 0. The van der Waals surface area contributed by atoms with Gasteiger partial charge in [0.2, 0.25) is 0 Å². The molecule has 1 aromatic heterocycles. The average Bonchev–Trinajstić information content (AvgIpc) is 2.98. The van der Waals surface area contributed by atoms with Crippen molar-refractivity contribution in [2.75, 3.05) is 32.7 Å². The van der Waals surface area contributed by atoms with E-state index in [0.29, 0.717) is 25.3 Å². The van der Waals surface area contributed by atoms with Gasteiger partial charge in [0.15, 0.2) is 0 Å². The first kappa shape index (κ1) is 17.0. The standard InChI is InChI=1S/C19H27N3O2/c1-12-9-13(2)16-10-17(20-18(16)15(12)4)19(24)22-7-5-21(6-8-22)11-14(3)23/h9-10,14,20,23H,5-8,11H2,1-4H3. The van der Waals surface area contributed by atoms with Crippen molar-refractivity contribution in [2.24, 2.45) is 0 Å². The van der Waals surface area contributed by atoms with Crippen LogP contribution in [0.2, 0.25) is 0 Å². The van der Waals surface area contributed by atoms with Gasteiger partial charge < -0.3 is 15.0 Å². The van der Waals surface area contributed by atoms with E-state index in [-0.39, 0.29) is 12.0 Å². The maximum Gasteiger partial charge on any atom is 0.270 e. The number of H-pyrrole nitrogens is 1. The third-order valence-electron chi connectivity index (χ3n) is 5.05. The zero-order chi connectivity index (χ0) is 17.4. The number of nitrogens with zero attached hydrogens (tertiary/aromatic N) is 2. The molecular weight excluding hydrogens is 302 g/mol. The Bertz CT molecular complexity index is 756. The van der Waals surface area contributed by atoms with E-state index in [1.165, 1.54) is 16.7 Å². The number of aryl methyl sites for hydroxylation is 3. The number of hydrogen-bond acceptors (Lipinski definition) is 3. The fourth-order valence-electron chi connectivity index (χ4n) is 3.56. The summed E-state index contributed by atoms with van der Waals surface area (Å²) in [5.41, 5.74) is 5.39. The van der Waals surface area contributed by atoms with Gasteiger partial charge >= 0.3 is 0 Å². The molecule has 0 radical (unpaired) electrons. The monoisotopic (exact) mass is 329 g/mol. The number of carbonyl (C=O) groups is 1. The third-order valence-corrected chi connectivity index (χ3v) is 5.05. The Kier molecular flexibility index (Phi) is 4.65. The topological polar surface area (TPSA) is 59.6 Å². The lowest BCUT2D eigenvalue weighted by atomic mass is 10.0. The number of benzene rings is 1. The van der Waals surface area contributed by atoms with Crippen molar-refractivity contribution < 1.29 is 9.90 Å². The summed E-state index contributed by atoms with van der Waals surface area (Å²) in [7, 11) is 0. The van der Waals surface area contributed by atoms with Crippen LogP contribution in [0.1, 0.15) is 34.1 Å². The number of hydrogen-bond donors (Lipinski definition) is 2. The molecule has 5 nitrogen and oxygen atoms in total. The molecule has 2 aromatic rings. The number of carbonyl (C=O) groups excluding carboxylic acids is 1. The van der Waals surface area contributed by atoms with Crippen LogP contribution < -0.4 is 0 Å². The highest BCUT2D eigenvalue weighted by molar-refractivity contribution is 6.00. The SMILES string of the molecule is Cc1cc(C)c2cc(C(=O)N3CCN(CC(C)O)CC3)[nH]c2c1C. The third kappa shape index (κ3) is 3.19. The second-order valence-electron chi connectivity index (χ2n) is 7.05. The second-order valence-corrected chi connectivity index (χ2v) is 7.05. The van der Waals surface area contributed by atoms with Crippen LogP contribution in [0.25, 0.3) is 10.9 Å². The van der Waals surface area contributed by atoms with E-state index in [1.807, 2.05) is 11.0 Å². The van der Waals surface area contributed by atoms with Crippen LogP contribution in [-0.2, 0) is 0 Å². The fourth-order valence-corrected chi connectivity index (χ4v) is 3.56. The fraction of sp³-hybridized carbons (Fsp3) is 0.526. The number of amides is 1. The molecule has 1 saturated heterocycles. The molecule has 1 aliphatic rings. The molecule has 0 bridgehead atoms. The van der Waals surface area contributed by atoms with Gasteiger partial charge in [0.25, 0.3) is 5.91 Å². The van der Waals surface area contributed by atoms with Crippen LogP contribution in [0.3, 0.4) is 0 Å². The maximum atomic E-state index is 12.8. The number of fused-ring (bicyclic) bond motifs is 1. The Morgan fingerprint density at radius 1 is 1.17 bits per heavy atom. The normalized spacial score (nSPS) is 17.5. The van der Waals surface area contributed by atoms with Gasteiger partial charge in [0.1, 0.15) is 5.69 Å². The molecule has 1 unspecified atom stereocenters. The summed E-state index contributed by atoms with van der Waals surface area (Å²) in [6.07, 6.45) is -0.324. The van der Waals surface area contributed by atoms with Crippen molar-refractivity contribution >= 4 is 16.8 Å².